The number of nitrogens with one attached hydrogen (secondary N) is 1. The summed E-state index contributed by atoms with van der Waals surface area (Å²) in [5.74, 6) is 0.594. The number of carbonyl (C=O) groups excluding carboxylic acids is 2. The molecule has 0 aromatic heterocycles. The SMILES string of the molecule is CCc1ccc(NC(=O)Cc2ccc3c(c2)N(C)C(=O)CCO3)cc1. The van der Waals surface area contributed by atoms with Crippen LogP contribution in [-0.2, 0) is 22.4 Å². The Morgan fingerprint density at radius 3 is 2.60 bits per heavy atom. The van der Waals surface area contributed by atoms with Crippen LogP contribution in [0.1, 0.15) is 24.5 Å². The molecule has 0 saturated carbocycles. The molecule has 2 aromatic rings. The van der Waals surface area contributed by atoms with Crippen LogP contribution in [0.2, 0.25) is 0 Å². The van der Waals surface area contributed by atoms with Gasteiger partial charge in [-0.15, -0.1) is 0 Å². The normalized spacial score (nSPS) is 13.7. The molecule has 0 saturated heterocycles. The highest BCUT2D eigenvalue weighted by molar-refractivity contribution is 5.96. The molecule has 3 rings (SSSR count). The van der Waals surface area contributed by atoms with E-state index in [0.717, 1.165) is 17.7 Å². The van der Waals surface area contributed by atoms with Crippen molar-refractivity contribution in [1.82, 2.24) is 0 Å². The van der Waals surface area contributed by atoms with E-state index >= 15 is 0 Å². The lowest BCUT2D eigenvalue weighted by molar-refractivity contribution is -0.118. The van der Waals surface area contributed by atoms with Crippen molar-refractivity contribution >= 4 is 23.2 Å². The van der Waals surface area contributed by atoms with Gasteiger partial charge in [0.1, 0.15) is 5.75 Å². The van der Waals surface area contributed by atoms with Crippen LogP contribution in [0.25, 0.3) is 0 Å². The van der Waals surface area contributed by atoms with Crippen LogP contribution in [0.3, 0.4) is 0 Å². The smallest absolute Gasteiger partial charge is 0.230 e. The van der Waals surface area contributed by atoms with Gasteiger partial charge >= 0.3 is 0 Å². The average molecular weight is 338 g/mol. The number of fused-ring (bicyclic) bond motifs is 1. The van der Waals surface area contributed by atoms with E-state index in [4.69, 9.17) is 4.74 Å². The van der Waals surface area contributed by atoms with Crippen molar-refractivity contribution in [1.29, 1.82) is 0 Å². The predicted octanol–water partition coefficient (Wildman–Crippen LogP) is 3.18. The van der Waals surface area contributed by atoms with Crippen molar-refractivity contribution in [2.45, 2.75) is 26.2 Å². The third kappa shape index (κ3) is 3.99. The van der Waals surface area contributed by atoms with Crippen molar-refractivity contribution in [3.05, 3.63) is 53.6 Å². The number of amides is 2. The summed E-state index contributed by atoms with van der Waals surface area (Å²) in [6.45, 7) is 2.47. The van der Waals surface area contributed by atoms with E-state index < -0.39 is 0 Å². The summed E-state index contributed by atoms with van der Waals surface area (Å²) in [6.07, 6.45) is 1.57. The second-order valence-corrected chi connectivity index (χ2v) is 6.13. The fourth-order valence-corrected chi connectivity index (χ4v) is 2.82. The minimum atomic E-state index is -0.0901. The molecule has 0 bridgehead atoms. The number of benzene rings is 2. The summed E-state index contributed by atoms with van der Waals surface area (Å²) in [5.41, 5.74) is 3.57. The average Bonchev–Trinajstić information content (AvgIpc) is 2.75. The number of hydrogen-bond donors (Lipinski definition) is 1. The Morgan fingerprint density at radius 1 is 1.16 bits per heavy atom. The number of anilines is 2. The quantitative estimate of drug-likeness (QED) is 0.931. The van der Waals surface area contributed by atoms with Gasteiger partial charge in [0.2, 0.25) is 11.8 Å². The molecule has 1 N–H and O–H groups in total. The van der Waals surface area contributed by atoms with Gasteiger partial charge in [-0.2, -0.15) is 0 Å². The maximum absolute atomic E-state index is 12.3. The molecule has 1 heterocycles. The third-order valence-electron chi connectivity index (χ3n) is 4.34. The molecule has 5 nitrogen and oxygen atoms in total. The van der Waals surface area contributed by atoms with Gasteiger partial charge in [0.05, 0.1) is 25.1 Å². The standard InChI is InChI=1S/C20H22N2O3/c1-3-14-4-7-16(8-5-14)21-19(23)13-15-6-9-18-17(12-15)22(2)20(24)10-11-25-18/h4-9,12H,3,10-11,13H2,1-2H3,(H,21,23). The Bertz CT molecular complexity index is 784. The highest BCUT2D eigenvalue weighted by Gasteiger charge is 2.20. The molecule has 0 spiro atoms. The van der Waals surface area contributed by atoms with Crippen LogP contribution in [0.15, 0.2) is 42.5 Å². The van der Waals surface area contributed by atoms with E-state index in [0.29, 0.717) is 24.5 Å². The van der Waals surface area contributed by atoms with Crippen molar-refractivity contribution in [2.24, 2.45) is 0 Å². The number of aryl methyl sites for hydroxylation is 1. The van der Waals surface area contributed by atoms with Crippen molar-refractivity contribution in [3.63, 3.8) is 0 Å². The van der Waals surface area contributed by atoms with Crippen LogP contribution in [0.4, 0.5) is 11.4 Å². The number of carbonyl (C=O) groups is 2. The van der Waals surface area contributed by atoms with E-state index in [-0.39, 0.29) is 18.2 Å². The molecule has 0 aliphatic carbocycles. The molecule has 1 aliphatic rings. The minimum absolute atomic E-state index is 0.0105. The first-order valence-corrected chi connectivity index (χ1v) is 8.48. The maximum atomic E-state index is 12.3. The zero-order valence-electron chi connectivity index (χ0n) is 14.5. The molecule has 0 unspecified atom stereocenters. The zero-order valence-corrected chi connectivity index (χ0v) is 14.5. The van der Waals surface area contributed by atoms with Crippen LogP contribution in [0.5, 0.6) is 5.75 Å². The van der Waals surface area contributed by atoms with Crippen molar-refractivity contribution in [2.75, 3.05) is 23.9 Å². The van der Waals surface area contributed by atoms with E-state index in [9.17, 15) is 9.59 Å². The molecular formula is C20H22N2O3. The Hall–Kier alpha value is -2.82. The molecule has 130 valence electrons. The van der Waals surface area contributed by atoms with Crippen LogP contribution < -0.4 is 15.0 Å². The number of ether oxygens (including phenoxy) is 1. The van der Waals surface area contributed by atoms with Gasteiger partial charge in [0.15, 0.2) is 0 Å². The zero-order chi connectivity index (χ0) is 17.8. The summed E-state index contributed by atoms with van der Waals surface area (Å²) < 4.78 is 5.60. The van der Waals surface area contributed by atoms with E-state index in [2.05, 4.69) is 12.2 Å². The number of hydrogen-bond acceptors (Lipinski definition) is 3. The first kappa shape index (κ1) is 17.0. The van der Waals surface area contributed by atoms with Gasteiger partial charge in [-0.3, -0.25) is 9.59 Å². The molecule has 0 fully saturated rings. The Morgan fingerprint density at radius 2 is 1.88 bits per heavy atom. The molecule has 2 amide bonds. The van der Waals surface area contributed by atoms with E-state index in [1.807, 2.05) is 42.5 Å². The second-order valence-electron chi connectivity index (χ2n) is 6.13. The van der Waals surface area contributed by atoms with Gasteiger partial charge in [0.25, 0.3) is 0 Å². The number of nitrogens with zero attached hydrogens (tertiary/aromatic N) is 1. The molecule has 0 atom stereocenters. The molecule has 1 aliphatic heterocycles. The van der Waals surface area contributed by atoms with Gasteiger partial charge < -0.3 is 15.0 Å². The highest BCUT2D eigenvalue weighted by Crippen LogP contribution is 2.31. The van der Waals surface area contributed by atoms with Gasteiger partial charge in [0, 0.05) is 12.7 Å². The monoisotopic (exact) mass is 338 g/mol. The Labute approximate surface area is 147 Å². The van der Waals surface area contributed by atoms with Gasteiger partial charge in [-0.05, 0) is 41.8 Å². The fourth-order valence-electron chi connectivity index (χ4n) is 2.82. The first-order chi connectivity index (χ1) is 12.1. The topological polar surface area (TPSA) is 58.6 Å². The summed E-state index contributed by atoms with van der Waals surface area (Å²) in [4.78, 5) is 25.9. The molecule has 2 aromatic carbocycles. The predicted molar refractivity (Wildman–Crippen MR) is 98.1 cm³/mol. The third-order valence-corrected chi connectivity index (χ3v) is 4.34. The first-order valence-electron chi connectivity index (χ1n) is 8.48. The fraction of sp³-hybridized carbons (Fsp3) is 0.300. The largest absolute Gasteiger partial charge is 0.491 e. The van der Waals surface area contributed by atoms with Gasteiger partial charge in [-0.25, -0.2) is 0 Å². The molecule has 5 heteroatoms. The second kappa shape index (κ2) is 7.38. The molecule has 25 heavy (non-hydrogen) atoms. The highest BCUT2D eigenvalue weighted by atomic mass is 16.5. The van der Waals surface area contributed by atoms with E-state index in [1.54, 1.807) is 11.9 Å². The van der Waals surface area contributed by atoms with Crippen LogP contribution in [0, 0.1) is 0 Å². The Balaban J connectivity index is 1.71. The summed E-state index contributed by atoms with van der Waals surface area (Å²) in [7, 11) is 1.73. The number of rotatable bonds is 4. The van der Waals surface area contributed by atoms with Crippen LogP contribution >= 0.6 is 0 Å². The Kier molecular flexibility index (Phi) is 5.03. The van der Waals surface area contributed by atoms with Crippen molar-refractivity contribution in [3.8, 4) is 5.75 Å². The minimum Gasteiger partial charge on any atom is -0.491 e. The lowest BCUT2D eigenvalue weighted by Crippen LogP contribution is -2.25. The lowest BCUT2D eigenvalue weighted by Gasteiger charge is -2.17. The lowest BCUT2D eigenvalue weighted by atomic mass is 10.1. The summed E-state index contributed by atoms with van der Waals surface area (Å²) in [5, 5.41) is 2.90. The van der Waals surface area contributed by atoms with Crippen LogP contribution in [-0.4, -0.2) is 25.5 Å². The summed E-state index contributed by atoms with van der Waals surface area (Å²) in [6, 6.07) is 13.4. The molecule has 0 radical (unpaired) electrons. The van der Waals surface area contributed by atoms with E-state index in [1.165, 1.54) is 5.56 Å². The van der Waals surface area contributed by atoms with Crippen molar-refractivity contribution < 1.29 is 14.3 Å². The molecular weight excluding hydrogens is 316 g/mol. The van der Waals surface area contributed by atoms with Gasteiger partial charge in [-0.1, -0.05) is 25.1 Å². The summed E-state index contributed by atoms with van der Waals surface area (Å²) >= 11 is 0. The maximum Gasteiger partial charge on any atom is 0.230 e.